The standard InChI is InChI=1S/C25H42O3S/c1-15(5-10-23(29)28-4)19-8-9-20-18-7-6-16-13-17(26)11-12-24(16,2)21(18)14-22(27)25(19,20)3/h15-22,26-27H,5-14H2,1-4H3/t15-,16-,17-,18+,19-,20+,21+,22+,24+,25-/m1/s1. The SMILES string of the molecule is COC(=S)CC[C@@H](C)[C@H]1CC[C@H]2[C@@H]3CC[C@@H]4C[C@H](O)CC[C@]4(C)[C@H]3C[C@H](O)[C@]12C. The van der Waals surface area contributed by atoms with Gasteiger partial charge in [-0.3, -0.25) is 0 Å². The van der Waals surface area contributed by atoms with Gasteiger partial charge in [-0.05, 0) is 116 Å². The van der Waals surface area contributed by atoms with E-state index in [1.54, 1.807) is 7.11 Å². The second kappa shape index (κ2) is 8.06. The molecule has 0 radical (unpaired) electrons. The van der Waals surface area contributed by atoms with Gasteiger partial charge in [-0.2, -0.15) is 0 Å². The molecule has 0 bridgehead atoms. The summed E-state index contributed by atoms with van der Waals surface area (Å²) in [6.07, 6.45) is 10.8. The molecule has 0 aromatic carbocycles. The zero-order valence-electron chi connectivity index (χ0n) is 18.9. The van der Waals surface area contributed by atoms with E-state index in [1.807, 2.05) is 0 Å². The lowest BCUT2D eigenvalue weighted by Crippen LogP contribution is -2.58. The molecule has 4 saturated carbocycles. The molecule has 0 unspecified atom stereocenters. The van der Waals surface area contributed by atoms with Crippen molar-refractivity contribution in [1.29, 1.82) is 0 Å². The quantitative estimate of drug-likeness (QED) is 0.598. The Balaban J connectivity index is 1.53. The van der Waals surface area contributed by atoms with E-state index in [0.717, 1.165) is 44.4 Å². The van der Waals surface area contributed by atoms with E-state index in [2.05, 4.69) is 20.8 Å². The molecule has 0 aromatic rings. The van der Waals surface area contributed by atoms with Crippen molar-refractivity contribution >= 4 is 17.3 Å². The van der Waals surface area contributed by atoms with Gasteiger partial charge in [0.25, 0.3) is 0 Å². The summed E-state index contributed by atoms with van der Waals surface area (Å²) in [5.41, 5.74) is 0.367. The molecule has 4 aliphatic rings. The molecule has 4 rings (SSSR count). The van der Waals surface area contributed by atoms with E-state index in [-0.39, 0.29) is 17.6 Å². The number of aliphatic hydroxyl groups excluding tert-OH is 2. The van der Waals surface area contributed by atoms with Gasteiger partial charge in [0.1, 0.15) is 0 Å². The summed E-state index contributed by atoms with van der Waals surface area (Å²) in [5.74, 6) is 3.86. The first-order valence-corrected chi connectivity index (χ1v) is 12.6. The number of hydrogen-bond acceptors (Lipinski definition) is 4. The third kappa shape index (κ3) is 3.49. The third-order valence-electron chi connectivity index (χ3n) is 10.5. The maximum Gasteiger partial charge on any atom is 0.159 e. The van der Waals surface area contributed by atoms with Crippen LogP contribution in [0.5, 0.6) is 0 Å². The molecule has 4 fully saturated rings. The number of thiocarbonyl (C=S) groups is 1. The fourth-order valence-electron chi connectivity index (χ4n) is 8.81. The summed E-state index contributed by atoms with van der Waals surface area (Å²) in [7, 11) is 1.67. The minimum absolute atomic E-state index is 0.0483. The van der Waals surface area contributed by atoms with Crippen molar-refractivity contribution in [2.75, 3.05) is 7.11 Å². The molecule has 166 valence electrons. The van der Waals surface area contributed by atoms with E-state index in [4.69, 9.17) is 17.0 Å². The van der Waals surface area contributed by atoms with Gasteiger partial charge in [0.05, 0.1) is 19.3 Å². The number of fused-ring (bicyclic) bond motifs is 5. The molecule has 2 N–H and O–H groups in total. The van der Waals surface area contributed by atoms with Crippen LogP contribution >= 0.6 is 12.2 Å². The molecule has 3 nitrogen and oxygen atoms in total. The fraction of sp³-hybridized carbons (Fsp3) is 0.960. The van der Waals surface area contributed by atoms with Crippen LogP contribution in [0.25, 0.3) is 0 Å². The minimum Gasteiger partial charge on any atom is -0.490 e. The molecule has 0 aliphatic heterocycles. The lowest BCUT2D eigenvalue weighted by Gasteiger charge is -2.62. The molecule has 29 heavy (non-hydrogen) atoms. The maximum atomic E-state index is 11.6. The molecule has 4 heteroatoms. The van der Waals surface area contributed by atoms with Crippen LogP contribution in [0, 0.1) is 46.3 Å². The van der Waals surface area contributed by atoms with E-state index in [1.165, 1.54) is 25.7 Å². The Bertz CT molecular complexity index is 623. The normalized spacial score (nSPS) is 50.2. The van der Waals surface area contributed by atoms with Gasteiger partial charge in [0.2, 0.25) is 0 Å². The van der Waals surface area contributed by atoms with Crippen LogP contribution < -0.4 is 0 Å². The molecule has 4 aliphatic carbocycles. The number of hydrogen-bond donors (Lipinski definition) is 2. The largest absolute Gasteiger partial charge is 0.490 e. The summed E-state index contributed by atoms with van der Waals surface area (Å²) in [6, 6.07) is 0. The monoisotopic (exact) mass is 422 g/mol. The van der Waals surface area contributed by atoms with Gasteiger partial charge in [-0.1, -0.05) is 20.8 Å². The molecule has 10 atom stereocenters. The summed E-state index contributed by atoms with van der Waals surface area (Å²) >= 11 is 5.28. The van der Waals surface area contributed by atoms with Crippen molar-refractivity contribution in [2.24, 2.45) is 46.3 Å². The minimum atomic E-state index is -0.194. The Morgan fingerprint density at radius 2 is 1.83 bits per heavy atom. The van der Waals surface area contributed by atoms with Crippen molar-refractivity contribution in [3.63, 3.8) is 0 Å². The van der Waals surface area contributed by atoms with Gasteiger partial charge in [0, 0.05) is 6.42 Å². The van der Waals surface area contributed by atoms with Crippen molar-refractivity contribution in [2.45, 2.75) is 97.2 Å². The van der Waals surface area contributed by atoms with Crippen molar-refractivity contribution < 1.29 is 14.9 Å². The maximum absolute atomic E-state index is 11.6. The lowest BCUT2D eigenvalue weighted by atomic mass is 9.43. The molecular weight excluding hydrogens is 380 g/mol. The molecule has 0 heterocycles. The molecule has 0 saturated heterocycles. The highest BCUT2D eigenvalue weighted by molar-refractivity contribution is 7.80. The second-order valence-electron chi connectivity index (χ2n) is 11.5. The second-order valence-corrected chi connectivity index (χ2v) is 11.9. The predicted molar refractivity (Wildman–Crippen MR) is 121 cm³/mol. The first-order chi connectivity index (χ1) is 13.7. The summed E-state index contributed by atoms with van der Waals surface area (Å²) < 4.78 is 5.22. The Kier molecular flexibility index (Phi) is 6.12. The summed E-state index contributed by atoms with van der Waals surface area (Å²) in [5, 5.41) is 22.5. The van der Waals surface area contributed by atoms with Gasteiger partial charge >= 0.3 is 0 Å². The first kappa shape index (κ1) is 22.0. The van der Waals surface area contributed by atoms with Crippen molar-refractivity contribution in [1.82, 2.24) is 0 Å². The zero-order chi connectivity index (χ0) is 21.0. The average molecular weight is 423 g/mol. The van der Waals surface area contributed by atoms with Gasteiger partial charge < -0.3 is 14.9 Å². The van der Waals surface area contributed by atoms with E-state index >= 15 is 0 Å². The number of aliphatic hydroxyl groups is 2. The molecular formula is C25H42O3S. The topological polar surface area (TPSA) is 49.7 Å². The predicted octanol–water partition coefficient (Wildman–Crippen LogP) is 5.37. The van der Waals surface area contributed by atoms with Crippen molar-refractivity contribution in [3.8, 4) is 0 Å². The number of rotatable bonds is 4. The van der Waals surface area contributed by atoms with Crippen LogP contribution in [0.2, 0.25) is 0 Å². The van der Waals surface area contributed by atoms with Crippen LogP contribution in [0.1, 0.15) is 85.0 Å². The van der Waals surface area contributed by atoms with E-state index in [9.17, 15) is 10.2 Å². The lowest BCUT2D eigenvalue weighted by molar-refractivity contribution is -0.174. The van der Waals surface area contributed by atoms with Crippen LogP contribution in [0.15, 0.2) is 0 Å². The van der Waals surface area contributed by atoms with Crippen LogP contribution in [-0.2, 0) is 4.74 Å². The molecule has 0 spiro atoms. The first-order valence-electron chi connectivity index (χ1n) is 12.1. The Morgan fingerprint density at radius 1 is 1.07 bits per heavy atom. The Labute approximate surface area is 183 Å². The highest BCUT2D eigenvalue weighted by Crippen LogP contribution is 2.68. The van der Waals surface area contributed by atoms with Gasteiger partial charge in [-0.25, -0.2) is 0 Å². The fourth-order valence-corrected chi connectivity index (χ4v) is 8.93. The Morgan fingerprint density at radius 3 is 2.55 bits per heavy atom. The smallest absolute Gasteiger partial charge is 0.159 e. The molecule has 0 amide bonds. The number of methoxy groups -OCH3 is 1. The zero-order valence-corrected chi connectivity index (χ0v) is 19.7. The van der Waals surface area contributed by atoms with Crippen LogP contribution in [0.3, 0.4) is 0 Å². The number of ether oxygens (including phenoxy) is 1. The van der Waals surface area contributed by atoms with E-state index in [0.29, 0.717) is 40.1 Å². The van der Waals surface area contributed by atoms with Crippen molar-refractivity contribution in [3.05, 3.63) is 0 Å². The van der Waals surface area contributed by atoms with Crippen LogP contribution in [-0.4, -0.2) is 34.6 Å². The van der Waals surface area contributed by atoms with Crippen LogP contribution in [0.4, 0.5) is 0 Å². The highest BCUT2D eigenvalue weighted by Gasteiger charge is 2.63. The summed E-state index contributed by atoms with van der Waals surface area (Å²) in [4.78, 5) is 0. The van der Waals surface area contributed by atoms with Gasteiger partial charge in [0.15, 0.2) is 5.05 Å². The average Bonchev–Trinajstić information content (AvgIpc) is 3.06. The Hall–Kier alpha value is -0.190. The van der Waals surface area contributed by atoms with E-state index < -0.39 is 0 Å². The summed E-state index contributed by atoms with van der Waals surface area (Å²) in [6.45, 7) is 7.28. The third-order valence-corrected chi connectivity index (χ3v) is 10.9. The highest BCUT2D eigenvalue weighted by atomic mass is 32.1. The molecule has 0 aromatic heterocycles. The van der Waals surface area contributed by atoms with Gasteiger partial charge in [-0.15, -0.1) is 0 Å².